The smallest absolute Gasteiger partial charge is 0.269 e. The Hall–Kier alpha value is -3.58. The van der Waals surface area contributed by atoms with Crippen LogP contribution in [-0.2, 0) is 6.61 Å². The molecule has 3 rings (SSSR count). The van der Waals surface area contributed by atoms with Gasteiger partial charge in [0.05, 0.1) is 23.4 Å². The van der Waals surface area contributed by atoms with Gasteiger partial charge >= 0.3 is 0 Å². The Morgan fingerprint density at radius 2 is 1.87 bits per heavy atom. The molecule has 3 aromatic rings. The van der Waals surface area contributed by atoms with E-state index in [0.29, 0.717) is 35.4 Å². The molecule has 0 aliphatic rings. The average molecular weight is 426 g/mol. The number of ether oxygens (including phenoxy) is 2. The Labute approximate surface area is 179 Å². The molecule has 0 saturated carbocycles. The van der Waals surface area contributed by atoms with Gasteiger partial charge in [-0.05, 0) is 60.5 Å². The fourth-order valence-corrected chi connectivity index (χ4v) is 2.83. The molecule has 0 heterocycles. The number of hydrazone groups is 1. The highest BCUT2D eigenvalue weighted by atomic mass is 35.5. The lowest BCUT2D eigenvalue weighted by Gasteiger charge is -2.13. The molecule has 0 amide bonds. The molecule has 3 aromatic carbocycles. The number of non-ortho nitro benzene ring substituents is 1. The molecule has 0 aliphatic heterocycles. The van der Waals surface area contributed by atoms with Crippen LogP contribution in [0.5, 0.6) is 11.5 Å². The number of benzene rings is 3. The van der Waals surface area contributed by atoms with Crippen molar-refractivity contribution in [3.05, 3.63) is 93.0 Å². The van der Waals surface area contributed by atoms with Crippen LogP contribution in [0.1, 0.15) is 18.1 Å². The average Bonchev–Trinajstić information content (AvgIpc) is 2.74. The van der Waals surface area contributed by atoms with Gasteiger partial charge in [0.15, 0.2) is 11.5 Å². The molecule has 0 saturated heterocycles. The topological polar surface area (TPSA) is 86.0 Å². The first-order valence-electron chi connectivity index (χ1n) is 9.23. The van der Waals surface area contributed by atoms with Gasteiger partial charge in [-0.25, -0.2) is 0 Å². The Balaban J connectivity index is 1.66. The number of rotatable bonds is 9. The lowest BCUT2D eigenvalue weighted by Crippen LogP contribution is -2.00. The van der Waals surface area contributed by atoms with Gasteiger partial charge in [-0.1, -0.05) is 23.7 Å². The number of nitro groups is 1. The van der Waals surface area contributed by atoms with Crippen molar-refractivity contribution in [3.8, 4) is 11.5 Å². The quantitative estimate of drug-likeness (QED) is 0.271. The standard InChI is InChI=1S/C22H20ClN3O4/c1-2-29-22-13-16(14-24-25-19-7-9-20(10-8-19)26(27)28)6-11-21(22)30-15-17-4-3-5-18(23)12-17/h3-14,25H,2,15H2,1H3/b24-14+. The summed E-state index contributed by atoms with van der Waals surface area (Å²) in [5.74, 6) is 1.23. The number of nitrogens with zero attached hydrogens (tertiary/aromatic N) is 2. The summed E-state index contributed by atoms with van der Waals surface area (Å²) in [5.41, 5.74) is 5.28. The van der Waals surface area contributed by atoms with Crippen molar-refractivity contribution in [2.24, 2.45) is 5.10 Å². The first kappa shape index (κ1) is 21.1. The highest BCUT2D eigenvalue weighted by Gasteiger charge is 2.07. The monoisotopic (exact) mass is 425 g/mol. The van der Waals surface area contributed by atoms with E-state index in [1.165, 1.54) is 12.1 Å². The largest absolute Gasteiger partial charge is 0.490 e. The minimum absolute atomic E-state index is 0.0271. The van der Waals surface area contributed by atoms with Crippen molar-refractivity contribution in [2.75, 3.05) is 12.0 Å². The number of halogens is 1. The molecule has 154 valence electrons. The molecule has 0 spiro atoms. The third-order valence-electron chi connectivity index (χ3n) is 4.04. The summed E-state index contributed by atoms with van der Waals surface area (Å²) < 4.78 is 11.6. The molecule has 0 atom stereocenters. The minimum atomic E-state index is -0.446. The maximum absolute atomic E-state index is 10.7. The van der Waals surface area contributed by atoms with Gasteiger partial charge in [0.2, 0.25) is 0 Å². The van der Waals surface area contributed by atoms with E-state index in [4.69, 9.17) is 21.1 Å². The zero-order chi connectivity index (χ0) is 21.3. The number of anilines is 1. The minimum Gasteiger partial charge on any atom is -0.490 e. The Kier molecular flexibility index (Phi) is 7.24. The van der Waals surface area contributed by atoms with Gasteiger partial charge in [0, 0.05) is 17.2 Å². The van der Waals surface area contributed by atoms with Crippen LogP contribution >= 0.6 is 11.6 Å². The van der Waals surface area contributed by atoms with E-state index in [2.05, 4.69) is 10.5 Å². The Bertz CT molecular complexity index is 1040. The molecule has 0 aliphatic carbocycles. The first-order chi connectivity index (χ1) is 14.5. The maximum atomic E-state index is 10.7. The highest BCUT2D eigenvalue weighted by molar-refractivity contribution is 6.30. The summed E-state index contributed by atoms with van der Waals surface area (Å²) in [6.07, 6.45) is 1.63. The van der Waals surface area contributed by atoms with Gasteiger partial charge in [-0.2, -0.15) is 5.10 Å². The molecule has 0 aromatic heterocycles. The molecule has 7 nitrogen and oxygen atoms in total. The second-order valence-corrected chi connectivity index (χ2v) is 6.67. The zero-order valence-corrected chi connectivity index (χ0v) is 17.0. The zero-order valence-electron chi connectivity index (χ0n) is 16.2. The number of hydrogen-bond acceptors (Lipinski definition) is 6. The van der Waals surface area contributed by atoms with Crippen LogP contribution in [0.2, 0.25) is 5.02 Å². The third kappa shape index (κ3) is 5.96. The van der Waals surface area contributed by atoms with Crippen molar-refractivity contribution < 1.29 is 14.4 Å². The number of nitrogens with one attached hydrogen (secondary N) is 1. The van der Waals surface area contributed by atoms with E-state index >= 15 is 0 Å². The van der Waals surface area contributed by atoms with Crippen molar-refractivity contribution in [1.29, 1.82) is 0 Å². The second-order valence-electron chi connectivity index (χ2n) is 6.23. The predicted molar refractivity (Wildman–Crippen MR) is 118 cm³/mol. The second kappa shape index (κ2) is 10.3. The lowest BCUT2D eigenvalue weighted by atomic mass is 10.2. The van der Waals surface area contributed by atoms with E-state index in [-0.39, 0.29) is 5.69 Å². The predicted octanol–water partition coefficient (Wildman–Crippen LogP) is 5.67. The van der Waals surface area contributed by atoms with Gasteiger partial charge < -0.3 is 9.47 Å². The summed E-state index contributed by atoms with van der Waals surface area (Å²) in [7, 11) is 0. The van der Waals surface area contributed by atoms with Gasteiger partial charge in [-0.15, -0.1) is 0 Å². The number of nitro benzene ring substituents is 1. The molecule has 0 unspecified atom stereocenters. The van der Waals surface area contributed by atoms with Crippen molar-refractivity contribution >= 4 is 29.2 Å². The van der Waals surface area contributed by atoms with Crippen LogP contribution in [-0.4, -0.2) is 17.7 Å². The molecule has 1 N–H and O–H groups in total. The third-order valence-corrected chi connectivity index (χ3v) is 4.27. The molecular formula is C22H20ClN3O4. The van der Waals surface area contributed by atoms with Crippen LogP contribution in [0.3, 0.4) is 0 Å². The lowest BCUT2D eigenvalue weighted by molar-refractivity contribution is -0.384. The van der Waals surface area contributed by atoms with Crippen molar-refractivity contribution in [3.63, 3.8) is 0 Å². The summed E-state index contributed by atoms with van der Waals surface area (Å²) in [6, 6.07) is 19.0. The SMILES string of the molecule is CCOc1cc(/C=N/Nc2ccc([N+](=O)[O-])cc2)ccc1OCc1cccc(Cl)c1. The van der Waals surface area contributed by atoms with Crippen molar-refractivity contribution in [2.45, 2.75) is 13.5 Å². The van der Waals surface area contributed by atoms with Crippen LogP contribution in [0, 0.1) is 10.1 Å². The van der Waals surface area contributed by atoms with E-state index in [0.717, 1.165) is 11.1 Å². The fourth-order valence-electron chi connectivity index (χ4n) is 2.62. The highest BCUT2D eigenvalue weighted by Crippen LogP contribution is 2.29. The van der Waals surface area contributed by atoms with Gasteiger partial charge in [0.1, 0.15) is 6.61 Å². The van der Waals surface area contributed by atoms with Crippen LogP contribution in [0.25, 0.3) is 0 Å². The maximum Gasteiger partial charge on any atom is 0.269 e. The summed E-state index contributed by atoms with van der Waals surface area (Å²) in [4.78, 5) is 10.2. The summed E-state index contributed by atoms with van der Waals surface area (Å²) in [5, 5.41) is 15.5. The van der Waals surface area contributed by atoms with E-state index in [9.17, 15) is 10.1 Å². The molecule has 0 radical (unpaired) electrons. The van der Waals surface area contributed by atoms with Gasteiger partial charge in [-0.3, -0.25) is 15.5 Å². The number of hydrogen-bond donors (Lipinski definition) is 1. The molecule has 30 heavy (non-hydrogen) atoms. The Morgan fingerprint density at radius 3 is 2.57 bits per heavy atom. The molecule has 0 bridgehead atoms. The van der Waals surface area contributed by atoms with Crippen LogP contribution < -0.4 is 14.9 Å². The fraction of sp³-hybridized carbons (Fsp3) is 0.136. The summed E-state index contributed by atoms with van der Waals surface area (Å²) >= 11 is 6.01. The summed E-state index contributed by atoms with van der Waals surface area (Å²) in [6.45, 7) is 2.77. The van der Waals surface area contributed by atoms with Crippen LogP contribution in [0.15, 0.2) is 71.8 Å². The van der Waals surface area contributed by atoms with Crippen LogP contribution in [0.4, 0.5) is 11.4 Å². The normalized spacial score (nSPS) is 10.7. The first-order valence-corrected chi connectivity index (χ1v) is 9.60. The van der Waals surface area contributed by atoms with Gasteiger partial charge in [0.25, 0.3) is 5.69 Å². The molecule has 0 fully saturated rings. The van der Waals surface area contributed by atoms with E-state index in [1.807, 2.05) is 49.4 Å². The molecular weight excluding hydrogens is 406 g/mol. The van der Waals surface area contributed by atoms with E-state index < -0.39 is 4.92 Å². The van der Waals surface area contributed by atoms with Crippen molar-refractivity contribution in [1.82, 2.24) is 0 Å². The van der Waals surface area contributed by atoms with E-state index in [1.54, 1.807) is 18.3 Å². The molecule has 8 heteroatoms. The Morgan fingerprint density at radius 1 is 1.07 bits per heavy atom.